The van der Waals surface area contributed by atoms with Crippen LogP contribution in [0.5, 0.6) is 0 Å². The predicted molar refractivity (Wildman–Crippen MR) is 60.5 cm³/mol. The van der Waals surface area contributed by atoms with Crippen molar-refractivity contribution in [2.45, 2.75) is 0 Å². The summed E-state index contributed by atoms with van der Waals surface area (Å²) in [4.78, 5) is 0. The summed E-state index contributed by atoms with van der Waals surface area (Å²) in [6.45, 7) is 0. The maximum Gasteiger partial charge on any atom is 2.00 e. The molecule has 0 saturated carbocycles. The van der Waals surface area contributed by atoms with Gasteiger partial charge in [0.2, 0.25) is 0 Å². The van der Waals surface area contributed by atoms with Crippen LogP contribution in [0, 0.1) is 23.8 Å². The normalized spacial score (nSPS) is 8.71. The third-order valence-electron chi connectivity index (χ3n) is 1.52. The van der Waals surface area contributed by atoms with Crippen LogP contribution >= 0.6 is 23.2 Å². The van der Waals surface area contributed by atoms with Gasteiger partial charge in [-0.3, -0.25) is 0 Å². The topological polar surface area (TPSA) is 0 Å². The van der Waals surface area contributed by atoms with Gasteiger partial charge in [0.1, 0.15) is 0 Å². The Balaban J connectivity index is 0.000000284. The minimum absolute atomic E-state index is 0. The number of benzene rings is 2. The van der Waals surface area contributed by atoms with Crippen molar-refractivity contribution in [1.29, 1.82) is 0 Å². The van der Waals surface area contributed by atoms with Crippen molar-refractivity contribution in [3.63, 3.8) is 0 Å². The standard InChI is InChI=1S/2C6H3ClF.Ti/c2*7-5-3-1-2-4-6(5)8;/h2*1-3H;/q2*-1;+2. The van der Waals surface area contributed by atoms with Crippen LogP contribution in [0.2, 0.25) is 10.0 Å². The van der Waals surface area contributed by atoms with E-state index in [1.807, 2.05) is 0 Å². The summed E-state index contributed by atoms with van der Waals surface area (Å²) in [5, 5.41) is 0.236. The van der Waals surface area contributed by atoms with Gasteiger partial charge in [0.05, 0.1) is 0 Å². The van der Waals surface area contributed by atoms with E-state index in [-0.39, 0.29) is 31.8 Å². The van der Waals surface area contributed by atoms with Crippen LogP contribution in [-0.4, -0.2) is 0 Å². The SMILES string of the molecule is Fc1[c-]cccc1Cl.Fc1[c-]cccc1Cl.[Ti+2]. The monoisotopic (exact) mass is 306 g/mol. The van der Waals surface area contributed by atoms with E-state index in [0.717, 1.165) is 0 Å². The van der Waals surface area contributed by atoms with E-state index in [1.54, 1.807) is 12.1 Å². The van der Waals surface area contributed by atoms with E-state index in [0.29, 0.717) is 0 Å². The maximum absolute atomic E-state index is 12.1. The van der Waals surface area contributed by atoms with Crippen LogP contribution in [0.15, 0.2) is 36.4 Å². The largest absolute Gasteiger partial charge is 2.00 e. The second-order valence-corrected chi connectivity index (χ2v) is 3.48. The Labute approximate surface area is 123 Å². The molecule has 0 fully saturated rings. The van der Waals surface area contributed by atoms with Crippen molar-refractivity contribution in [2.24, 2.45) is 0 Å². The van der Waals surface area contributed by atoms with Gasteiger partial charge in [-0.1, -0.05) is 0 Å². The molecule has 0 amide bonds. The molecule has 0 aliphatic heterocycles. The number of hydrogen-bond acceptors (Lipinski definition) is 0. The first-order valence-electron chi connectivity index (χ1n) is 4.24. The molecule has 0 radical (unpaired) electrons. The Kier molecular flexibility index (Phi) is 8.44. The fraction of sp³-hybridized carbons (Fsp3) is 0. The van der Waals surface area contributed by atoms with Gasteiger partial charge in [-0.05, 0) is 10.0 Å². The Morgan fingerprint density at radius 3 is 1.35 bits per heavy atom. The zero-order valence-corrected chi connectivity index (χ0v) is 11.5. The molecule has 0 saturated heterocycles. The molecule has 2 rings (SSSR count). The van der Waals surface area contributed by atoms with E-state index < -0.39 is 11.6 Å². The predicted octanol–water partition coefficient (Wildman–Crippen LogP) is 4.56. The van der Waals surface area contributed by atoms with Crippen molar-refractivity contribution in [1.82, 2.24) is 0 Å². The molecule has 0 N–H and O–H groups in total. The maximum atomic E-state index is 12.1. The molecule has 86 valence electrons. The first kappa shape index (κ1) is 16.6. The molecule has 0 atom stereocenters. The second-order valence-electron chi connectivity index (χ2n) is 2.66. The minimum Gasteiger partial charge on any atom is -0.235 e. The molecular weight excluding hydrogens is 301 g/mol. The second kappa shape index (κ2) is 8.65. The van der Waals surface area contributed by atoms with Gasteiger partial charge in [-0.2, -0.15) is 59.6 Å². The van der Waals surface area contributed by atoms with E-state index in [9.17, 15) is 8.78 Å². The number of hydrogen-bond donors (Lipinski definition) is 0. The zero-order chi connectivity index (χ0) is 12.0. The van der Waals surface area contributed by atoms with Gasteiger partial charge < -0.3 is 0 Å². The molecular formula is C12H6Cl2F2Ti. The summed E-state index contributed by atoms with van der Waals surface area (Å²) in [7, 11) is 0. The van der Waals surface area contributed by atoms with Crippen molar-refractivity contribution in [2.75, 3.05) is 0 Å². The van der Waals surface area contributed by atoms with Gasteiger partial charge in [0, 0.05) is 11.6 Å². The Bertz CT molecular complexity index is 378. The molecule has 2 aromatic rings. The Morgan fingerprint density at radius 2 is 1.18 bits per heavy atom. The van der Waals surface area contributed by atoms with E-state index in [2.05, 4.69) is 12.1 Å². The van der Waals surface area contributed by atoms with Crippen molar-refractivity contribution >= 4 is 23.2 Å². The summed E-state index contributed by atoms with van der Waals surface area (Å²) in [5.41, 5.74) is 0. The van der Waals surface area contributed by atoms with Crippen LogP contribution in [0.4, 0.5) is 8.78 Å². The van der Waals surface area contributed by atoms with Gasteiger partial charge in [0.15, 0.2) is 0 Å². The summed E-state index contributed by atoms with van der Waals surface area (Å²) >= 11 is 10.6. The fourth-order valence-corrected chi connectivity index (χ4v) is 1.05. The van der Waals surface area contributed by atoms with Crippen molar-refractivity contribution in [3.05, 3.63) is 70.2 Å². The zero-order valence-electron chi connectivity index (χ0n) is 8.48. The van der Waals surface area contributed by atoms with E-state index >= 15 is 0 Å². The average Bonchev–Trinajstić information content (AvgIpc) is 2.28. The minimum atomic E-state index is -0.492. The number of rotatable bonds is 0. The van der Waals surface area contributed by atoms with Crippen LogP contribution < -0.4 is 0 Å². The van der Waals surface area contributed by atoms with Crippen molar-refractivity contribution < 1.29 is 30.5 Å². The molecule has 0 aromatic heterocycles. The molecule has 5 heteroatoms. The van der Waals surface area contributed by atoms with Crippen LogP contribution in [0.3, 0.4) is 0 Å². The first-order valence-corrected chi connectivity index (χ1v) is 5.00. The summed E-state index contributed by atoms with van der Waals surface area (Å²) in [5.74, 6) is -0.983. The quantitative estimate of drug-likeness (QED) is 0.494. The average molecular weight is 307 g/mol. The van der Waals surface area contributed by atoms with E-state index in [1.165, 1.54) is 24.3 Å². The van der Waals surface area contributed by atoms with E-state index in [4.69, 9.17) is 23.2 Å². The fourth-order valence-electron chi connectivity index (χ4n) is 0.792. The van der Waals surface area contributed by atoms with Crippen LogP contribution in [0.1, 0.15) is 0 Å². The van der Waals surface area contributed by atoms with Gasteiger partial charge in [0.25, 0.3) is 0 Å². The molecule has 0 aliphatic rings. The molecule has 0 spiro atoms. The summed E-state index contributed by atoms with van der Waals surface area (Å²) < 4.78 is 24.3. The van der Waals surface area contributed by atoms with Crippen molar-refractivity contribution in [3.8, 4) is 0 Å². The molecule has 0 heterocycles. The van der Waals surface area contributed by atoms with Crippen LogP contribution in [-0.2, 0) is 21.7 Å². The molecule has 2 aromatic carbocycles. The summed E-state index contributed by atoms with van der Waals surface area (Å²) in [6, 6.07) is 13.8. The molecule has 0 aliphatic carbocycles. The molecule has 0 bridgehead atoms. The first-order chi connectivity index (χ1) is 7.61. The number of halogens is 4. The van der Waals surface area contributed by atoms with Gasteiger partial charge in [-0.25, -0.2) is 8.78 Å². The van der Waals surface area contributed by atoms with Crippen LogP contribution in [0.25, 0.3) is 0 Å². The third-order valence-corrected chi connectivity index (χ3v) is 2.10. The summed E-state index contributed by atoms with van der Waals surface area (Å²) in [6.07, 6.45) is 0. The van der Waals surface area contributed by atoms with Gasteiger partial charge in [-0.15, -0.1) is 12.1 Å². The van der Waals surface area contributed by atoms with Gasteiger partial charge >= 0.3 is 21.7 Å². The molecule has 0 nitrogen and oxygen atoms in total. The Morgan fingerprint density at radius 1 is 0.824 bits per heavy atom. The smallest absolute Gasteiger partial charge is 0.235 e. The third kappa shape index (κ3) is 6.18. The molecule has 17 heavy (non-hydrogen) atoms. The molecule has 0 unspecified atom stereocenters. The Hall–Kier alpha value is -0.406.